The second kappa shape index (κ2) is 5.45. The highest BCUT2D eigenvalue weighted by Gasteiger charge is 2.21. The number of nitrogens with zero attached hydrogens (tertiary/aromatic N) is 2. The first kappa shape index (κ1) is 14.9. The van der Waals surface area contributed by atoms with Crippen LogP contribution in [0.5, 0.6) is 0 Å². The largest absolute Gasteiger partial charge is 0.455 e. The van der Waals surface area contributed by atoms with E-state index in [2.05, 4.69) is 67.8 Å². The summed E-state index contributed by atoms with van der Waals surface area (Å²) in [6.45, 7) is 6.48. The first-order chi connectivity index (χ1) is 11.6. The second-order valence-electron chi connectivity index (χ2n) is 6.69. The Balaban J connectivity index is 2.15. The number of benzene rings is 1. The average molecular weight is 317 g/mol. The van der Waals surface area contributed by atoms with Crippen LogP contribution in [0.1, 0.15) is 30.9 Å². The van der Waals surface area contributed by atoms with Gasteiger partial charge < -0.3 is 4.42 Å². The molecule has 0 spiro atoms. The van der Waals surface area contributed by atoms with Gasteiger partial charge in [-0.15, -0.1) is 0 Å². The lowest BCUT2D eigenvalue weighted by Gasteiger charge is -2.05. The minimum atomic E-state index is 0.374. The summed E-state index contributed by atoms with van der Waals surface area (Å²) in [6, 6.07) is 10.6. The third-order valence-corrected chi connectivity index (χ3v) is 4.72. The minimum Gasteiger partial charge on any atom is -0.455 e. The highest BCUT2D eigenvalue weighted by atomic mass is 16.3. The summed E-state index contributed by atoms with van der Waals surface area (Å²) in [6.07, 6.45) is 5.90. The molecule has 3 aromatic heterocycles. The highest BCUT2D eigenvalue weighted by molar-refractivity contribution is 6.10. The molecule has 0 aliphatic carbocycles. The van der Waals surface area contributed by atoms with Gasteiger partial charge in [0.1, 0.15) is 18.2 Å². The molecule has 0 atom stereocenters. The van der Waals surface area contributed by atoms with E-state index in [4.69, 9.17) is 4.42 Å². The first-order valence-corrected chi connectivity index (χ1v) is 8.32. The fourth-order valence-corrected chi connectivity index (χ4v) is 3.38. The van der Waals surface area contributed by atoms with Crippen molar-refractivity contribution in [3.63, 3.8) is 0 Å². The second-order valence-corrected chi connectivity index (χ2v) is 6.69. The molecule has 4 aromatic rings. The molecule has 0 aliphatic rings. The summed E-state index contributed by atoms with van der Waals surface area (Å²) in [5.41, 5.74) is 6.58. The lowest BCUT2D eigenvalue weighted by atomic mass is 10.00. The van der Waals surface area contributed by atoms with Crippen LogP contribution >= 0.6 is 0 Å². The molecule has 3 nitrogen and oxygen atoms in total. The highest BCUT2D eigenvalue weighted by Crippen LogP contribution is 2.38. The Morgan fingerprint density at radius 3 is 2.58 bits per heavy atom. The van der Waals surface area contributed by atoms with Crippen LogP contribution in [-0.2, 0) is 7.05 Å². The van der Waals surface area contributed by atoms with Gasteiger partial charge in [0.15, 0.2) is 6.20 Å². The van der Waals surface area contributed by atoms with Crippen LogP contribution < -0.4 is 4.57 Å². The summed E-state index contributed by atoms with van der Waals surface area (Å²) in [5, 5.41) is 2.22. The molecule has 0 saturated heterocycles. The molecule has 0 radical (unpaired) electrons. The molecule has 0 saturated carbocycles. The number of aromatic nitrogens is 2. The van der Waals surface area contributed by atoms with Gasteiger partial charge in [-0.3, -0.25) is 4.98 Å². The van der Waals surface area contributed by atoms with E-state index in [1.165, 1.54) is 5.56 Å². The number of hydrogen-bond donors (Lipinski definition) is 0. The standard InChI is InChI=1S/C21H21N2O/c1-13(2)16-11-22-12-17-15-9-8-14(3)19(21(15)24-20(16)17)18-7-5-6-10-23(18)4/h5-13H,1-4H3/q+1. The van der Waals surface area contributed by atoms with Crippen LogP contribution in [0.3, 0.4) is 0 Å². The average Bonchev–Trinajstić information content (AvgIpc) is 2.94. The maximum Gasteiger partial charge on any atom is 0.216 e. The molecular formula is C21H21N2O+. The maximum atomic E-state index is 6.41. The van der Waals surface area contributed by atoms with Crippen LogP contribution in [0.25, 0.3) is 33.2 Å². The molecule has 3 heterocycles. The Labute approximate surface area is 141 Å². The van der Waals surface area contributed by atoms with E-state index in [0.717, 1.165) is 38.8 Å². The summed E-state index contributed by atoms with van der Waals surface area (Å²) < 4.78 is 8.55. The Morgan fingerprint density at radius 2 is 1.83 bits per heavy atom. The van der Waals surface area contributed by atoms with Gasteiger partial charge in [-0.25, -0.2) is 4.57 Å². The Bertz CT molecular complexity index is 1060. The predicted molar refractivity (Wildman–Crippen MR) is 97.0 cm³/mol. The molecule has 4 rings (SSSR count). The molecule has 1 aromatic carbocycles. The Kier molecular flexibility index (Phi) is 3.38. The van der Waals surface area contributed by atoms with E-state index in [1.54, 1.807) is 0 Å². The summed E-state index contributed by atoms with van der Waals surface area (Å²) in [4.78, 5) is 4.43. The molecular weight excluding hydrogens is 296 g/mol. The maximum absolute atomic E-state index is 6.41. The SMILES string of the molecule is Cc1ccc2c(oc3c(C(C)C)cncc32)c1-c1cccc[n+]1C. The molecule has 0 amide bonds. The van der Waals surface area contributed by atoms with Gasteiger partial charge in [0.25, 0.3) is 0 Å². The monoisotopic (exact) mass is 317 g/mol. The van der Waals surface area contributed by atoms with Crippen molar-refractivity contribution in [3.05, 3.63) is 60.0 Å². The Hall–Kier alpha value is -2.68. The van der Waals surface area contributed by atoms with E-state index in [0.29, 0.717) is 5.92 Å². The van der Waals surface area contributed by atoms with Crippen molar-refractivity contribution in [3.8, 4) is 11.3 Å². The molecule has 0 unspecified atom stereocenters. The van der Waals surface area contributed by atoms with Gasteiger partial charge >= 0.3 is 0 Å². The third kappa shape index (κ3) is 2.12. The zero-order valence-electron chi connectivity index (χ0n) is 14.5. The predicted octanol–water partition coefficient (Wildman–Crippen LogP) is 4.90. The minimum absolute atomic E-state index is 0.374. The lowest BCUT2D eigenvalue weighted by molar-refractivity contribution is -0.660. The van der Waals surface area contributed by atoms with E-state index < -0.39 is 0 Å². The fourth-order valence-electron chi connectivity index (χ4n) is 3.38. The van der Waals surface area contributed by atoms with E-state index in [9.17, 15) is 0 Å². The van der Waals surface area contributed by atoms with Crippen molar-refractivity contribution in [2.24, 2.45) is 7.05 Å². The third-order valence-electron chi connectivity index (χ3n) is 4.72. The number of aryl methyl sites for hydroxylation is 2. The summed E-state index contributed by atoms with van der Waals surface area (Å²) in [5.74, 6) is 0.374. The van der Waals surface area contributed by atoms with E-state index in [-0.39, 0.29) is 0 Å². The van der Waals surface area contributed by atoms with Gasteiger partial charge in [0.05, 0.1) is 5.56 Å². The number of fused-ring (bicyclic) bond motifs is 3. The summed E-state index contributed by atoms with van der Waals surface area (Å²) in [7, 11) is 2.07. The quantitative estimate of drug-likeness (QED) is 0.492. The number of pyridine rings is 2. The zero-order chi connectivity index (χ0) is 16.8. The van der Waals surface area contributed by atoms with E-state index in [1.807, 2.05) is 18.5 Å². The van der Waals surface area contributed by atoms with Gasteiger partial charge in [-0.2, -0.15) is 0 Å². The smallest absolute Gasteiger partial charge is 0.216 e. The van der Waals surface area contributed by atoms with Crippen LogP contribution in [0.15, 0.2) is 53.3 Å². The number of hydrogen-bond acceptors (Lipinski definition) is 2. The van der Waals surface area contributed by atoms with Crippen molar-refractivity contribution in [2.75, 3.05) is 0 Å². The molecule has 120 valence electrons. The first-order valence-electron chi connectivity index (χ1n) is 8.32. The van der Waals surface area contributed by atoms with Gasteiger partial charge in [-0.1, -0.05) is 26.0 Å². The molecule has 0 N–H and O–H groups in total. The Morgan fingerprint density at radius 1 is 1.00 bits per heavy atom. The van der Waals surface area contributed by atoms with Crippen LogP contribution in [0.4, 0.5) is 0 Å². The van der Waals surface area contributed by atoms with Crippen molar-refractivity contribution < 1.29 is 8.98 Å². The molecule has 0 aliphatic heterocycles. The molecule has 3 heteroatoms. The van der Waals surface area contributed by atoms with Crippen molar-refractivity contribution in [2.45, 2.75) is 26.7 Å². The molecule has 24 heavy (non-hydrogen) atoms. The van der Waals surface area contributed by atoms with Gasteiger partial charge in [0, 0.05) is 40.9 Å². The summed E-state index contributed by atoms with van der Waals surface area (Å²) >= 11 is 0. The zero-order valence-corrected chi connectivity index (χ0v) is 14.5. The lowest BCUT2D eigenvalue weighted by Crippen LogP contribution is -2.30. The normalized spacial score (nSPS) is 11.7. The van der Waals surface area contributed by atoms with Gasteiger partial charge in [0.2, 0.25) is 5.69 Å². The van der Waals surface area contributed by atoms with Crippen LogP contribution in [0, 0.1) is 6.92 Å². The number of furan rings is 1. The molecule has 0 bridgehead atoms. The van der Waals surface area contributed by atoms with Crippen molar-refractivity contribution in [1.82, 2.24) is 4.98 Å². The molecule has 0 fully saturated rings. The topological polar surface area (TPSA) is 29.9 Å². The van der Waals surface area contributed by atoms with Crippen LogP contribution in [0.2, 0.25) is 0 Å². The van der Waals surface area contributed by atoms with Gasteiger partial charge in [-0.05, 0) is 24.5 Å². The number of rotatable bonds is 2. The van der Waals surface area contributed by atoms with Crippen LogP contribution in [-0.4, -0.2) is 4.98 Å². The van der Waals surface area contributed by atoms with Crippen molar-refractivity contribution >= 4 is 21.9 Å². The van der Waals surface area contributed by atoms with Crippen molar-refractivity contribution in [1.29, 1.82) is 0 Å². The fraction of sp³-hybridized carbons (Fsp3) is 0.238. The van der Waals surface area contributed by atoms with E-state index >= 15 is 0 Å².